The Labute approximate surface area is 222 Å². The maximum Gasteiger partial charge on any atom is 0.300 e. The van der Waals surface area contributed by atoms with Crippen molar-refractivity contribution in [1.29, 1.82) is 0 Å². The summed E-state index contributed by atoms with van der Waals surface area (Å²) in [5, 5.41) is 11.6. The lowest BCUT2D eigenvalue weighted by atomic mass is 9.94. The Morgan fingerprint density at radius 3 is 2.32 bits per heavy atom. The van der Waals surface area contributed by atoms with Crippen LogP contribution in [-0.2, 0) is 9.59 Å². The highest BCUT2D eigenvalue weighted by Crippen LogP contribution is 2.44. The number of aliphatic hydroxyl groups is 1. The van der Waals surface area contributed by atoms with Crippen molar-refractivity contribution in [3.05, 3.63) is 88.8 Å². The summed E-state index contributed by atoms with van der Waals surface area (Å²) < 4.78 is 5.58. The number of ketones is 1. The van der Waals surface area contributed by atoms with E-state index < -0.39 is 17.7 Å². The van der Waals surface area contributed by atoms with Gasteiger partial charge >= 0.3 is 0 Å². The Morgan fingerprint density at radius 2 is 1.68 bits per heavy atom. The number of anilines is 2. The van der Waals surface area contributed by atoms with Crippen LogP contribution < -0.4 is 14.5 Å². The summed E-state index contributed by atoms with van der Waals surface area (Å²) in [6, 6.07) is 14.1. The van der Waals surface area contributed by atoms with Gasteiger partial charge in [-0.25, -0.2) is 0 Å². The first-order valence-electron chi connectivity index (χ1n) is 12.7. The van der Waals surface area contributed by atoms with Gasteiger partial charge in [0.2, 0.25) is 0 Å². The number of carbonyl (C=O) groups excluding carboxylic acids is 2. The zero-order valence-corrected chi connectivity index (χ0v) is 22.1. The molecule has 2 aromatic carbocycles. The molecule has 2 aliphatic rings. The number of ether oxygens (including phenoxy) is 1. The average molecular weight is 513 g/mol. The molecule has 1 amide bonds. The molecule has 0 radical (unpaired) electrons. The molecule has 2 aliphatic heterocycles. The van der Waals surface area contributed by atoms with Gasteiger partial charge in [-0.05, 0) is 74.0 Å². The summed E-state index contributed by atoms with van der Waals surface area (Å²) in [6.07, 6.45) is 3.25. The first-order valence-corrected chi connectivity index (χ1v) is 12.7. The first-order chi connectivity index (χ1) is 18.3. The van der Waals surface area contributed by atoms with Crippen molar-refractivity contribution in [2.24, 2.45) is 0 Å². The minimum atomic E-state index is -0.844. The van der Waals surface area contributed by atoms with Crippen molar-refractivity contribution in [2.75, 3.05) is 50.1 Å². The molecule has 1 aromatic heterocycles. The molecule has 3 aromatic rings. The molecule has 2 saturated heterocycles. The maximum absolute atomic E-state index is 13.5. The molecule has 0 bridgehead atoms. The molecule has 5 rings (SSSR count). The Hall–Kier alpha value is -4.17. The Kier molecular flexibility index (Phi) is 6.91. The van der Waals surface area contributed by atoms with E-state index in [9.17, 15) is 14.7 Å². The number of nitrogens with zero attached hydrogens (tertiary/aromatic N) is 4. The minimum Gasteiger partial charge on any atom is -0.507 e. The fraction of sp³-hybridized carbons (Fsp3) is 0.300. The topological polar surface area (TPSA) is 86.2 Å². The van der Waals surface area contributed by atoms with Crippen molar-refractivity contribution in [3.8, 4) is 5.75 Å². The van der Waals surface area contributed by atoms with Crippen LogP contribution >= 0.6 is 0 Å². The standard InChI is InChI=1S/C30H32N4O4/c1-19-16-20(2)29(38-4)24(17-19)27(35)25-26(21-6-5-11-31-18-21)34(30(37)28(25)36)23-9-7-22(8-10-23)33-14-12-32(3)13-15-33/h5-11,16-18,26,35H,12-15H2,1-4H3/b27-25+. The number of carbonyl (C=O) groups is 2. The number of pyridine rings is 1. The van der Waals surface area contributed by atoms with Gasteiger partial charge in [-0.15, -0.1) is 0 Å². The van der Waals surface area contributed by atoms with E-state index >= 15 is 0 Å². The van der Waals surface area contributed by atoms with E-state index in [1.807, 2.05) is 44.2 Å². The molecule has 1 N–H and O–H groups in total. The van der Waals surface area contributed by atoms with Crippen LogP contribution in [0.4, 0.5) is 11.4 Å². The number of likely N-dealkylation sites (N-methyl/N-ethyl adjacent to an activating group) is 1. The van der Waals surface area contributed by atoms with Crippen LogP contribution in [0.25, 0.3) is 5.76 Å². The number of aryl methyl sites for hydroxylation is 2. The fourth-order valence-corrected chi connectivity index (χ4v) is 5.39. The number of Topliss-reactive ketones (excluding diaryl/α,β-unsaturated/α-hetero) is 1. The minimum absolute atomic E-state index is 0.00874. The molecular formula is C30H32N4O4. The van der Waals surface area contributed by atoms with Gasteiger partial charge in [-0.2, -0.15) is 0 Å². The predicted octanol–water partition coefficient (Wildman–Crippen LogP) is 4.09. The van der Waals surface area contributed by atoms with Crippen LogP contribution in [0.3, 0.4) is 0 Å². The van der Waals surface area contributed by atoms with E-state index in [2.05, 4.69) is 21.8 Å². The number of aromatic nitrogens is 1. The Balaban J connectivity index is 1.61. The lowest BCUT2D eigenvalue weighted by molar-refractivity contribution is -0.132. The van der Waals surface area contributed by atoms with Crippen LogP contribution in [0.2, 0.25) is 0 Å². The van der Waals surface area contributed by atoms with Gasteiger partial charge in [-0.3, -0.25) is 19.5 Å². The third kappa shape index (κ3) is 4.52. The predicted molar refractivity (Wildman–Crippen MR) is 148 cm³/mol. The van der Waals surface area contributed by atoms with Crippen molar-refractivity contribution in [1.82, 2.24) is 9.88 Å². The zero-order chi connectivity index (χ0) is 27.0. The van der Waals surface area contributed by atoms with Crippen molar-refractivity contribution in [2.45, 2.75) is 19.9 Å². The van der Waals surface area contributed by atoms with E-state index in [0.717, 1.165) is 43.0 Å². The van der Waals surface area contributed by atoms with E-state index in [1.54, 1.807) is 30.6 Å². The number of hydrogen-bond donors (Lipinski definition) is 1. The van der Waals surface area contributed by atoms with Crippen LogP contribution in [0.15, 0.2) is 66.5 Å². The Bertz CT molecular complexity index is 1390. The molecule has 1 atom stereocenters. The van der Waals surface area contributed by atoms with Gasteiger partial charge in [-0.1, -0.05) is 12.1 Å². The van der Waals surface area contributed by atoms with Gasteiger partial charge in [0.15, 0.2) is 0 Å². The smallest absolute Gasteiger partial charge is 0.300 e. The van der Waals surface area contributed by atoms with Crippen LogP contribution in [0.5, 0.6) is 5.75 Å². The summed E-state index contributed by atoms with van der Waals surface area (Å²) in [4.78, 5) is 37.3. The van der Waals surface area contributed by atoms with E-state index in [1.165, 1.54) is 12.0 Å². The van der Waals surface area contributed by atoms with Crippen LogP contribution in [0, 0.1) is 13.8 Å². The zero-order valence-electron chi connectivity index (χ0n) is 22.1. The van der Waals surface area contributed by atoms with Crippen LogP contribution in [0.1, 0.15) is 28.3 Å². The van der Waals surface area contributed by atoms with Crippen molar-refractivity contribution in [3.63, 3.8) is 0 Å². The lowest BCUT2D eigenvalue weighted by Gasteiger charge is -2.34. The summed E-state index contributed by atoms with van der Waals surface area (Å²) in [5.41, 5.74) is 4.37. The summed E-state index contributed by atoms with van der Waals surface area (Å²) in [6.45, 7) is 7.60. The second-order valence-corrected chi connectivity index (χ2v) is 9.92. The third-order valence-corrected chi connectivity index (χ3v) is 7.32. The molecular weight excluding hydrogens is 480 g/mol. The fourth-order valence-electron chi connectivity index (χ4n) is 5.39. The number of piperazine rings is 1. The van der Waals surface area contributed by atoms with Gasteiger partial charge < -0.3 is 19.6 Å². The molecule has 8 nitrogen and oxygen atoms in total. The number of aliphatic hydroxyl groups excluding tert-OH is 1. The second kappa shape index (κ2) is 10.3. The van der Waals surface area contributed by atoms with Gasteiger partial charge in [0.25, 0.3) is 11.7 Å². The number of benzene rings is 2. The van der Waals surface area contributed by atoms with E-state index in [-0.39, 0.29) is 11.3 Å². The third-order valence-electron chi connectivity index (χ3n) is 7.32. The first kappa shape index (κ1) is 25.5. The molecule has 196 valence electrons. The normalized spacial score (nSPS) is 19.7. The van der Waals surface area contributed by atoms with Gasteiger partial charge in [0.05, 0.1) is 24.3 Å². The highest BCUT2D eigenvalue weighted by molar-refractivity contribution is 6.51. The van der Waals surface area contributed by atoms with Crippen molar-refractivity contribution >= 4 is 28.8 Å². The molecule has 2 fully saturated rings. The lowest BCUT2D eigenvalue weighted by Crippen LogP contribution is -2.44. The number of hydrogen-bond acceptors (Lipinski definition) is 7. The molecule has 38 heavy (non-hydrogen) atoms. The molecule has 3 heterocycles. The summed E-state index contributed by atoms with van der Waals surface area (Å²) in [5.74, 6) is -1.25. The monoisotopic (exact) mass is 512 g/mol. The molecule has 0 saturated carbocycles. The highest BCUT2D eigenvalue weighted by Gasteiger charge is 2.47. The summed E-state index contributed by atoms with van der Waals surface area (Å²) >= 11 is 0. The largest absolute Gasteiger partial charge is 0.507 e. The second-order valence-electron chi connectivity index (χ2n) is 9.92. The van der Waals surface area contributed by atoms with Crippen LogP contribution in [-0.4, -0.2) is 67.0 Å². The molecule has 1 unspecified atom stereocenters. The van der Waals surface area contributed by atoms with E-state index in [0.29, 0.717) is 22.6 Å². The number of methoxy groups -OCH3 is 1. The SMILES string of the molecule is COc1c(C)cc(C)cc1/C(O)=C1\C(=O)C(=O)N(c2ccc(N3CCN(C)CC3)cc2)C1c1cccnc1. The van der Waals surface area contributed by atoms with E-state index in [4.69, 9.17) is 4.74 Å². The Morgan fingerprint density at radius 1 is 1.00 bits per heavy atom. The average Bonchev–Trinajstić information content (AvgIpc) is 3.19. The molecule has 8 heteroatoms. The highest BCUT2D eigenvalue weighted by atomic mass is 16.5. The van der Waals surface area contributed by atoms with Gasteiger partial charge in [0.1, 0.15) is 11.5 Å². The molecule has 0 aliphatic carbocycles. The quantitative estimate of drug-likeness (QED) is 0.313. The summed E-state index contributed by atoms with van der Waals surface area (Å²) in [7, 11) is 3.64. The molecule has 0 spiro atoms. The van der Waals surface area contributed by atoms with Crippen molar-refractivity contribution < 1.29 is 19.4 Å². The number of rotatable bonds is 5. The van der Waals surface area contributed by atoms with Gasteiger partial charge in [0, 0.05) is 49.9 Å². The number of amides is 1. The maximum atomic E-state index is 13.5.